The summed E-state index contributed by atoms with van der Waals surface area (Å²) in [7, 11) is -5.87. The molecule has 0 N–H and O–H groups in total. The lowest BCUT2D eigenvalue weighted by molar-refractivity contribution is -0.157. The van der Waals surface area contributed by atoms with Gasteiger partial charge in [0.15, 0.2) is 28.2 Å². The predicted octanol–water partition coefficient (Wildman–Crippen LogP) is 6.54. The van der Waals surface area contributed by atoms with Crippen LogP contribution in [0.5, 0.6) is 0 Å². The Hall–Kier alpha value is -2.89. The fourth-order valence-corrected chi connectivity index (χ4v) is 5.31. The number of esters is 1. The van der Waals surface area contributed by atoms with Crippen LogP contribution in [0.3, 0.4) is 0 Å². The molecule has 0 aromatic heterocycles. The standard InChI is InChI=1S/C23H21F5IN3O6S/c1-21(2,3)37-19(33)23(29)11-9-10(7-8-12(11)30-31-23)32(20(34)38-22(4,5)6)39(35,36)18-16(27)14(25)13(24)15(26)17(18)28/h7-9H,1-6H3. The molecule has 0 bridgehead atoms. The SMILES string of the molecule is CC(C)(C)OC(=O)N(c1ccc2c(c1)C(I)(C(=O)OC(C)(C)C)N=N2)S(=O)(=O)c1c(F)c(F)c(F)c(F)c1F. The molecule has 9 nitrogen and oxygen atoms in total. The molecule has 3 rings (SSSR count). The zero-order valence-electron chi connectivity index (χ0n) is 21.2. The zero-order valence-corrected chi connectivity index (χ0v) is 24.2. The van der Waals surface area contributed by atoms with Crippen molar-refractivity contribution < 1.29 is 49.4 Å². The summed E-state index contributed by atoms with van der Waals surface area (Å²) in [4.78, 5) is 23.8. The molecule has 1 unspecified atom stereocenters. The molecule has 0 fully saturated rings. The maximum atomic E-state index is 14.6. The van der Waals surface area contributed by atoms with Gasteiger partial charge >= 0.3 is 12.1 Å². The molecule has 2 aromatic carbocycles. The lowest BCUT2D eigenvalue weighted by Gasteiger charge is -2.28. The number of halogens is 6. The van der Waals surface area contributed by atoms with Crippen LogP contribution in [0.1, 0.15) is 47.1 Å². The number of azo groups is 1. The van der Waals surface area contributed by atoms with Crippen molar-refractivity contribution in [3.05, 3.63) is 52.8 Å². The van der Waals surface area contributed by atoms with E-state index in [2.05, 4.69) is 10.2 Å². The molecule has 212 valence electrons. The molecular weight excluding hydrogens is 668 g/mol. The van der Waals surface area contributed by atoms with Gasteiger partial charge in [0.25, 0.3) is 13.6 Å². The molecule has 1 atom stereocenters. The number of hydrogen-bond donors (Lipinski definition) is 0. The van der Waals surface area contributed by atoms with E-state index in [0.29, 0.717) is 0 Å². The van der Waals surface area contributed by atoms with Gasteiger partial charge in [-0.2, -0.15) is 14.5 Å². The summed E-state index contributed by atoms with van der Waals surface area (Å²) in [6.07, 6.45) is -1.74. The fraction of sp³-hybridized carbons (Fsp3) is 0.391. The van der Waals surface area contributed by atoms with E-state index in [4.69, 9.17) is 9.47 Å². The molecule has 1 amide bonds. The first kappa shape index (κ1) is 30.6. The minimum Gasteiger partial charge on any atom is -0.457 e. The lowest BCUT2D eigenvalue weighted by atomic mass is 10.1. The van der Waals surface area contributed by atoms with Gasteiger partial charge in [-0.05, 0) is 82.3 Å². The highest BCUT2D eigenvalue weighted by molar-refractivity contribution is 14.1. The largest absolute Gasteiger partial charge is 0.457 e. The Kier molecular flexibility index (Phi) is 7.81. The van der Waals surface area contributed by atoms with Crippen LogP contribution in [0, 0.1) is 29.1 Å². The number of fused-ring (bicyclic) bond motifs is 1. The van der Waals surface area contributed by atoms with Crippen LogP contribution in [0.15, 0.2) is 33.3 Å². The summed E-state index contributed by atoms with van der Waals surface area (Å²) in [6.45, 7) is 8.76. The van der Waals surface area contributed by atoms with E-state index in [0.717, 1.165) is 18.2 Å². The van der Waals surface area contributed by atoms with E-state index in [9.17, 15) is 40.0 Å². The number of benzene rings is 2. The molecule has 0 saturated heterocycles. The van der Waals surface area contributed by atoms with Crippen LogP contribution in [0.25, 0.3) is 0 Å². The van der Waals surface area contributed by atoms with Crippen molar-refractivity contribution in [3.8, 4) is 0 Å². The summed E-state index contributed by atoms with van der Waals surface area (Å²) in [6, 6.07) is 3.01. The van der Waals surface area contributed by atoms with Gasteiger partial charge in [0, 0.05) is 5.56 Å². The summed E-state index contributed by atoms with van der Waals surface area (Å²) in [5, 5.41) is 7.76. The van der Waals surface area contributed by atoms with E-state index >= 15 is 0 Å². The smallest absolute Gasteiger partial charge is 0.429 e. The number of amides is 1. The first-order valence-electron chi connectivity index (χ1n) is 10.9. The summed E-state index contributed by atoms with van der Waals surface area (Å²) >= 11 is 1.58. The van der Waals surface area contributed by atoms with Crippen molar-refractivity contribution in [2.45, 2.75) is 61.2 Å². The van der Waals surface area contributed by atoms with Crippen molar-refractivity contribution in [3.63, 3.8) is 0 Å². The number of nitrogens with zero attached hydrogens (tertiary/aromatic N) is 3. The molecule has 2 aromatic rings. The Labute approximate surface area is 233 Å². The number of ether oxygens (including phenoxy) is 2. The average molecular weight is 689 g/mol. The van der Waals surface area contributed by atoms with Gasteiger partial charge in [-0.15, -0.1) is 0 Å². The number of rotatable bonds is 4. The zero-order chi connectivity index (χ0) is 29.9. The van der Waals surface area contributed by atoms with Crippen LogP contribution in [0.4, 0.5) is 38.1 Å². The van der Waals surface area contributed by atoms with E-state index in [1.165, 1.54) is 20.8 Å². The molecule has 39 heavy (non-hydrogen) atoms. The van der Waals surface area contributed by atoms with E-state index in [1.807, 2.05) is 0 Å². The van der Waals surface area contributed by atoms with Gasteiger partial charge in [0.2, 0.25) is 5.82 Å². The normalized spacial score (nSPS) is 17.1. The average Bonchev–Trinajstić information content (AvgIpc) is 3.11. The topological polar surface area (TPSA) is 115 Å². The van der Waals surface area contributed by atoms with Gasteiger partial charge < -0.3 is 9.47 Å². The van der Waals surface area contributed by atoms with Gasteiger partial charge in [-0.25, -0.2) is 40.0 Å². The third-order valence-corrected chi connectivity index (χ3v) is 7.72. The highest BCUT2D eigenvalue weighted by atomic mass is 127. The van der Waals surface area contributed by atoms with E-state index in [1.54, 1.807) is 43.4 Å². The van der Waals surface area contributed by atoms with E-state index in [-0.39, 0.29) is 15.6 Å². The Morgan fingerprint density at radius 2 is 1.36 bits per heavy atom. The molecule has 1 heterocycles. The van der Waals surface area contributed by atoms with Gasteiger partial charge in [0.1, 0.15) is 11.2 Å². The maximum absolute atomic E-state index is 14.6. The Bertz CT molecular complexity index is 1490. The summed E-state index contributed by atoms with van der Waals surface area (Å²) in [5.41, 5.74) is -3.05. The molecule has 1 aliphatic heterocycles. The van der Waals surface area contributed by atoms with Crippen molar-refractivity contribution in [1.29, 1.82) is 0 Å². The van der Waals surface area contributed by atoms with Gasteiger partial charge in [0.05, 0.1) is 11.4 Å². The van der Waals surface area contributed by atoms with Crippen LogP contribution in [-0.2, 0) is 27.8 Å². The number of anilines is 1. The predicted molar refractivity (Wildman–Crippen MR) is 135 cm³/mol. The summed E-state index contributed by atoms with van der Waals surface area (Å²) < 4.78 is 106. The quantitative estimate of drug-likeness (QED) is 0.0686. The van der Waals surface area contributed by atoms with E-state index < -0.39 is 76.5 Å². The minimum absolute atomic E-state index is 0.0526. The second-order valence-corrected chi connectivity index (χ2v) is 13.5. The minimum atomic E-state index is -5.87. The Morgan fingerprint density at radius 3 is 1.85 bits per heavy atom. The first-order chi connectivity index (χ1) is 17.6. The van der Waals surface area contributed by atoms with Gasteiger partial charge in [-0.1, -0.05) is 0 Å². The molecule has 0 radical (unpaired) electrons. The lowest BCUT2D eigenvalue weighted by Crippen LogP contribution is -2.42. The first-order valence-corrected chi connectivity index (χ1v) is 13.4. The third-order valence-electron chi connectivity index (χ3n) is 4.76. The molecule has 0 spiro atoms. The molecule has 16 heteroatoms. The monoisotopic (exact) mass is 689 g/mol. The number of sulfonamides is 1. The molecule has 1 aliphatic rings. The molecule has 0 aliphatic carbocycles. The number of carbonyl (C=O) groups is 2. The van der Waals surface area contributed by atoms with Crippen LogP contribution in [-0.4, -0.2) is 31.7 Å². The highest BCUT2D eigenvalue weighted by Crippen LogP contribution is 2.48. The summed E-state index contributed by atoms with van der Waals surface area (Å²) in [5.74, 6) is -14.0. The molecular formula is C23H21F5IN3O6S. The Balaban J connectivity index is 2.28. The van der Waals surface area contributed by atoms with Crippen LogP contribution in [0.2, 0.25) is 0 Å². The molecule has 0 saturated carbocycles. The number of alkyl halides is 1. The second-order valence-electron chi connectivity index (χ2n) is 10.2. The second kappa shape index (κ2) is 9.94. The highest BCUT2D eigenvalue weighted by Gasteiger charge is 2.48. The Morgan fingerprint density at radius 1 is 0.872 bits per heavy atom. The van der Waals surface area contributed by atoms with Crippen LogP contribution < -0.4 is 4.31 Å². The van der Waals surface area contributed by atoms with Crippen molar-refractivity contribution >= 4 is 56.1 Å². The fourth-order valence-electron chi connectivity index (χ4n) is 3.22. The number of carbonyl (C=O) groups excluding carboxylic acids is 2. The van der Waals surface area contributed by atoms with Gasteiger partial charge in [-0.3, -0.25) is 0 Å². The van der Waals surface area contributed by atoms with Crippen LogP contribution >= 0.6 is 22.6 Å². The third kappa shape index (κ3) is 5.71. The van der Waals surface area contributed by atoms with Crippen molar-refractivity contribution in [1.82, 2.24) is 0 Å². The van der Waals surface area contributed by atoms with Crippen molar-refractivity contribution in [2.75, 3.05) is 4.31 Å². The maximum Gasteiger partial charge on any atom is 0.429 e. The van der Waals surface area contributed by atoms with Crippen molar-refractivity contribution in [2.24, 2.45) is 10.2 Å². The number of hydrogen-bond acceptors (Lipinski definition) is 8.